The van der Waals surface area contributed by atoms with E-state index in [1.165, 1.54) is 0 Å². The van der Waals surface area contributed by atoms with E-state index in [9.17, 15) is 14.4 Å². The first-order valence-electron chi connectivity index (χ1n) is 8.00. The first kappa shape index (κ1) is 18.2. The van der Waals surface area contributed by atoms with Crippen molar-refractivity contribution in [2.24, 2.45) is 0 Å². The predicted octanol–water partition coefficient (Wildman–Crippen LogP) is 3.00. The molecule has 0 aliphatic carbocycles. The summed E-state index contributed by atoms with van der Waals surface area (Å²) in [5.41, 5.74) is 2.21. The highest BCUT2D eigenvalue weighted by atomic mass is 16.4. The van der Waals surface area contributed by atoms with Crippen molar-refractivity contribution >= 4 is 17.9 Å². The Balaban J connectivity index is 2.24. The number of rotatable bonds is 6. The molecule has 0 saturated heterocycles. The fourth-order valence-electron chi connectivity index (χ4n) is 2.38. The Bertz CT molecular complexity index is 759. The van der Waals surface area contributed by atoms with Gasteiger partial charge < -0.3 is 10.4 Å². The molecule has 0 bridgehead atoms. The summed E-state index contributed by atoms with van der Waals surface area (Å²) in [6.07, 6.45) is 0.574. The van der Waals surface area contributed by atoms with Crippen LogP contribution in [0.3, 0.4) is 0 Å². The molecule has 0 aliphatic rings. The largest absolute Gasteiger partial charge is 0.480 e. The van der Waals surface area contributed by atoms with Crippen LogP contribution in [0.1, 0.15) is 23.7 Å². The molecule has 0 saturated carbocycles. The summed E-state index contributed by atoms with van der Waals surface area (Å²) in [7, 11) is 0. The van der Waals surface area contributed by atoms with Gasteiger partial charge in [0.25, 0.3) is 5.91 Å². The van der Waals surface area contributed by atoms with E-state index in [4.69, 9.17) is 5.11 Å². The zero-order valence-electron chi connectivity index (χ0n) is 13.9. The summed E-state index contributed by atoms with van der Waals surface area (Å²) in [5.74, 6) is -1.62. The van der Waals surface area contributed by atoms with E-state index in [1.54, 1.807) is 18.2 Å². The molecule has 0 atom stereocenters. The zero-order valence-corrected chi connectivity index (χ0v) is 13.9. The summed E-state index contributed by atoms with van der Waals surface area (Å²) in [4.78, 5) is 36.5. The van der Waals surface area contributed by atoms with Gasteiger partial charge in [-0.1, -0.05) is 49.4 Å². The molecule has 0 unspecified atom stereocenters. The summed E-state index contributed by atoms with van der Waals surface area (Å²) >= 11 is 0. The Morgan fingerprint density at radius 1 is 1.00 bits per heavy atom. The third-order valence-corrected chi connectivity index (χ3v) is 3.55. The second-order valence-corrected chi connectivity index (χ2v) is 5.46. The average Bonchev–Trinajstić information content (AvgIpc) is 2.64. The number of imide groups is 1. The predicted molar refractivity (Wildman–Crippen MR) is 94.2 cm³/mol. The number of nitrogens with one attached hydrogen (secondary N) is 1. The number of nitrogens with zero attached hydrogens (tertiary/aromatic N) is 1. The van der Waals surface area contributed by atoms with Crippen molar-refractivity contribution in [3.8, 4) is 11.1 Å². The molecule has 0 fully saturated rings. The van der Waals surface area contributed by atoms with Gasteiger partial charge in [-0.3, -0.25) is 14.5 Å². The van der Waals surface area contributed by atoms with Crippen LogP contribution in [0.25, 0.3) is 11.1 Å². The molecule has 0 aliphatic heterocycles. The number of benzene rings is 2. The Kier molecular flexibility index (Phi) is 6.28. The molecule has 2 aromatic rings. The van der Waals surface area contributed by atoms with E-state index >= 15 is 0 Å². The van der Waals surface area contributed by atoms with Crippen molar-refractivity contribution in [2.75, 3.05) is 13.1 Å². The molecule has 130 valence electrons. The van der Waals surface area contributed by atoms with Gasteiger partial charge in [-0.05, 0) is 29.7 Å². The number of hydrogen-bond donors (Lipinski definition) is 2. The van der Waals surface area contributed by atoms with Gasteiger partial charge >= 0.3 is 12.0 Å². The van der Waals surface area contributed by atoms with Crippen molar-refractivity contribution in [2.45, 2.75) is 13.3 Å². The fourth-order valence-corrected chi connectivity index (χ4v) is 2.38. The van der Waals surface area contributed by atoms with Gasteiger partial charge in [0.1, 0.15) is 6.54 Å². The van der Waals surface area contributed by atoms with Crippen LogP contribution in [-0.2, 0) is 4.79 Å². The lowest BCUT2D eigenvalue weighted by molar-refractivity contribution is -0.135. The van der Waals surface area contributed by atoms with Gasteiger partial charge in [0.05, 0.1) is 0 Å². The van der Waals surface area contributed by atoms with E-state index in [0.29, 0.717) is 12.0 Å². The maximum absolute atomic E-state index is 12.7. The van der Waals surface area contributed by atoms with Crippen molar-refractivity contribution in [3.63, 3.8) is 0 Å². The number of amides is 3. The van der Waals surface area contributed by atoms with E-state index < -0.39 is 24.5 Å². The Morgan fingerprint density at radius 2 is 1.68 bits per heavy atom. The summed E-state index contributed by atoms with van der Waals surface area (Å²) in [5, 5.41) is 10.9. The summed E-state index contributed by atoms with van der Waals surface area (Å²) in [6, 6.07) is 15.9. The molecule has 2 aromatic carbocycles. The fraction of sp³-hybridized carbons (Fsp3) is 0.211. The number of carbonyl (C=O) groups excluding carboxylic acids is 2. The van der Waals surface area contributed by atoms with Crippen LogP contribution >= 0.6 is 0 Å². The van der Waals surface area contributed by atoms with Gasteiger partial charge in [-0.15, -0.1) is 0 Å². The Morgan fingerprint density at radius 3 is 2.32 bits per heavy atom. The van der Waals surface area contributed by atoms with Crippen LogP contribution < -0.4 is 5.32 Å². The van der Waals surface area contributed by atoms with Gasteiger partial charge in [-0.2, -0.15) is 0 Å². The lowest BCUT2D eigenvalue weighted by Gasteiger charge is -2.20. The molecular weight excluding hydrogens is 320 g/mol. The normalized spacial score (nSPS) is 10.1. The van der Waals surface area contributed by atoms with E-state index in [2.05, 4.69) is 5.32 Å². The number of carbonyl (C=O) groups is 3. The third kappa shape index (κ3) is 4.91. The molecular formula is C19H20N2O4. The molecule has 2 N–H and O–H groups in total. The minimum atomic E-state index is -1.16. The van der Waals surface area contributed by atoms with E-state index in [-0.39, 0.29) is 6.54 Å². The van der Waals surface area contributed by atoms with Crippen LogP contribution in [0.15, 0.2) is 54.6 Å². The SMILES string of the molecule is CCCN(C(=O)NCC(=O)O)C(=O)c1cccc(-c2ccccc2)c1. The number of carboxylic acids is 1. The molecule has 25 heavy (non-hydrogen) atoms. The molecule has 0 radical (unpaired) electrons. The number of hydrogen-bond acceptors (Lipinski definition) is 3. The van der Waals surface area contributed by atoms with Gasteiger partial charge in [0, 0.05) is 12.1 Å². The molecule has 2 rings (SSSR count). The van der Waals surface area contributed by atoms with Crippen LogP contribution in [-0.4, -0.2) is 41.0 Å². The molecule has 0 spiro atoms. The van der Waals surface area contributed by atoms with Crippen molar-refractivity contribution in [3.05, 3.63) is 60.2 Å². The molecule has 0 aromatic heterocycles. The van der Waals surface area contributed by atoms with Crippen molar-refractivity contribution in [1.29, 1.82) is 0 Å². The van der Waals surface area contributed by atoms with Crippen LogP contribution in [0.5, 0.6) is 0 Å². The smallest absolute Gasteiger partial charge is 0.324 e. The first-order chi connectivity index (χ1) is 12.0. The quantitative estimate of drug-likeness (QED) is 0.846. The average molecular weight is 340 g/mol. The highest BCUT2D eigenvalue weighted by molar-refractivity contribution is 6.05. The summed E-state index contributed by atoms with van der Waals surface area (Å²) in [6.45, 7) is 1.52. The second-order valence-electron chi connectivity index (χ2n) is 5.46. The lowest BCUT2D eigenvalue weighted by atomic mass is 10.0. The minimum absolute atomic E-state index is 0.208. The Labute approximate surface area is 146 Å². The van der Waals surface area contributed by atoms with Gasteiger partial charge in [0.15, 0.2) is 0 Å². The maximum Gasteiger partial charge on any atom is 0.324 e. The Hall–Kier alpha value is -3.15. The van der Waals surface area contributed by atoms with Crippen molar-refractivity contribution in [1.82, 2.24) is 10.2 Å². The highest BCUT2D eigenvalue weighted by Gasteiger charge is 2.22. The van der Waals surface area contributed by atoms with Crippen LogP contribution in [0.2, 0.25) is 0 Å². The van der Waals surface area contributed by atoms with Crippen molar-refractivity contribution < 1.29 is 19.5 Å². The van der Waals surface area contributed by atoms with E-state index in [0.717, 1.165) is 16.0 Å². The number of aliphatic carboxylic acids is 1. The zero-order chi connectivity index (χ0) is 18.2. The third-order valence-electron chi connectivity index (χ3n) is 3.55. The molecule has 3 amide bonds. The first-order valence-corrected chi connectivity index (χ1v) is 8.00. The van der Waals surface area contributed by atoms with Gasteiger partial charge in [-0.25, -0.2) is 4.79 Å². The van der Waals surface area contributed by atoms with Gasteiger partial charge in [0.2, 0.25) is 0 Å². The van der Waals surface area contributed by atoms with Crippen LogP contribution in [0.4, 0.5) is 4.79 Å². The van der Waals surface area contributed by atoms with Crippen LogP contribution in [0, 0.1) is 0 Å². The standard InChI is InChI=1S/C19H20N2O4/c1-2-11-21(19(25)20-13-17(22)23)18(24)16-10-6-9-15(12-16)14-7-4-3-5-8-14/h3-10,12H,2,11,13H2,1H3,(H,20,25)(H,22,23). The highest BCUT2D eigenvalue weighted by Crippen LogP contribution is 2.20. The molecule has 0 heterocycles. The topological polar surface area (TPSA) is 86.7 Å². The number of carboxylic acid groups (broad SMARTS) is 1. The summed E-state index contributed by atoms with van der Waals surface area (Å²) < 4.78 is 0. The maximum atomic E-state index is 12.7. The second kappa shape index (κ2) is 8.63. The molecule has 6 nitrogen and oxygen atoms in total. The monoisotopic (exact) mass is 340 g/mol. The molecule has 6 heteroatoms. The van der Waals surface area contributed by atoms with E-state index in [1.807, 2.05) is 43.3 Å². The minimum Gasteiger partial charge on any atom is -0.480 e. The lowest BCUT2D eigenvalue weighted by Crippen LogP contribution is -2.45. The number of urea groups is 1.